The number of aromatic nitrogens is 3. The molecule has 6 nitrogen and oxygen atoms in total. The SMILES string of the molecule is Cc1ccc([N+](=O)[O-])cc1-c1nnc(CCl)n1CC(C)C. The zero-order chi connectivity index (χ0) is 15.6. The van der Waals surface area contributed by atoms with Crippen molar-refractivity contribution in [2.75, 3.05) is 0 Å². The van der Waals surface area contributed by atoms with Gasteiger partial charge in [-0.25, -0.2) is 0 Å². The van der Waals surface area contributed by atoms with Crippen molar-refractivity contribution in [1.29, 1.82) is 0 Å². The van der Waals surface area contributed by atoms with Crippen LogP contribution in [0.25, 0.3) is 11.4 Å². The van der Waals surface area contributed by atoms with E-state index >= 15 is 0 Å². The molecule has 0 aliphatic heterocycles. The van der Waals surface area contributed by atoms with Crippen LogP contribution in [-0.2, 0) is 12.4 Å². The highest BCUT2D eigenvalue weighted by Gasteiger charge is 2.18. The van der Waals surface area contributed by atoms with Crippen molar-refractivity contribution < 1.29 is 4.92 Å². The molecule has 0 aliphatic carbocycles. The van der Waals surface area contributed by atoms with Crippen molar-refractivity contribution >= 4 is 17.3 Å². The van der Waals surface area contributed by atoms with Crippen molar-refractivity contribution in [3.63, 3.8) is 0 Å². The maximum Gasteiger partial charge on any atom is 0.270 e. The molecular weight excluding hydrogens is 292 g/mol. The molecule has 0 bridgehead atoms. The van der Waals surface area contributed by atoms with E-state index in [0.717, 1.165) is 5.56 Å². The zero-order valence-electron chi connectivity index (χ0n) is 12.2. The van der Waals surface area contributed by atoms with Crippen LogP contribution in [0, 0.1) is 23.0 Å². The third-order valence-electron chi connectivity index (χ3n) is 3.17. The molecule has 0 saturated heterocycles. The maximum atomic E-state index is 11.0. The number of nitro benzene ring substituents is 1. The molecule has 2 aromatic rings. The second-order valence-corrected chi connectivity index (χ2v) is 5.60. The summed E-state index contributed by atoms with van der Waals surface area (Å²) < 4.78 is 1.93. The van der Waals surface area contributed by atoms with Crippen molar-refractivity contribution in [1.82, 2.24) is 14.8 Å². The first-order chi connectivity index (χ1) is 9.93. The van der Waals surface area contributed by atoms with Crippen LogP contribution in [0.2, 0.25) is 0 Å². The predicted molar refractivity (Wildman–Crippen MR) is 81.2 cm³/mol. The Morgan fingerprint density at radius 1 is 1.38 bits per heavy atom. The minimum absolute atomic E-state index is 0.0436. The topological polar surface area (TPSA) is 73.8 Å². The Labute approximate surface area is 127 Å². The third-order valence-corrected chi connectivity index (χ3v) is 3.41. The van der Waals surface area contributed by atoms with Gasteiger partial charge in [0.15, 0.2) is 5.82 Å². The number of halogens is 1. The average Bonchev–Trinajstić information content (AvgIpc) is 2.81. The van der Waals surface area contributed by atoms with Crippen LogP contribution in [0.15, 0.2) is 18.2 Å². The van der Waals surface area contributed by atoms with E-state index in [1.54, 1.807) is 6.07 Å². The molecule has 112 valence electrons. The highest BCUT2D eigenvalue weighted by molar-refractivity contribution is 6.16. The molecule has 0 spiro atoms. The summed E-state index contributed by atoms with van der Waals surface area (Å²) >= 11 is 5.91. The van der Waals surface area contributed by atoms with Crippen LogP contribution in [-0.4, -0.2) is 19.7 Å². The quantitative estimate of drug-likeness (QED) is 0.481. The summed E-state index contributed by atoms with van der Waals surface area (Å²) in [6, 6.07) is 4.75. The first-order valence-electron chi connectivity index (χ1n) is 6.67. The lowest BCUT2D eigenvalue weighted by Crippen LogP contribution is -2.10. The molecule has 0 aliphatic rings. The fourth-order valence-corrected chi connectivity index (χ4v) is 2.35. The van der Waals surface area contributed by atoms with Crippen LogP contribution >= 0.6 is 11.6 Å². The summed E-state index contributed by atoms with van der Waals surface area (Å²) in [5, 5.41) is 19.2. The smallest absolute Gasteiger partial charge is 0.270 e. The van der Waals surface area contributed by atoms with Gasteiger partial charge in [-0.3, -0.25) is 10.1 Å². The van der Waals surface area contributed by atoms with Gasteiger partial charge in [0.25, 0.3) is 5.69 Å². The number of nitrogens with zero attached hydrogens (tertiary/aromatic N) is 4. The number of rotatable bonds is 5. The van der Waals surface area contributed by atoms with Gasteiger partial charge in [0.2, 0.25) is 0 Å². The van der Waals surface area contributed by atoms with Gasteiger partial charge < -0.3 is 4.57 Å². The van der Waals surface area contributed by atoms with Crippen molar-refractivity contribution in [2.24, 2.45) is 5.92 Å². The molecule has 7 heteroatoms. The van der Waals surface area contributed by atoms with E-state index in [2.05, 4.69) is 24.0 Å². The Hall–Kier alpha value is -1.95. The molecule has 0 amide bonds. The molecule has 1 heterocycles. The molecule has 2 rings (SSSR count). The highest BCUT2D eigenvalue weighted by Crippen LogP contribution is 2.27. The molecule has 0 N–H and O–H groups in total. The first-order valence-corrected chi connectivity index (χ1v) is 7.21. The molecule has 0 saturated carbocycles. The molecule has 21 heavy (non-hydrogen) atoms. The molecule has 1 aromatic heterocycles. The summed E-state index contributed by atoms with van der Waals surface area (Å²) in [5.74, 6) is 1.95. The second-order valence-electron chi connectivity index (χ2n) is 5.33. The number of hydrogen-bond acceptors (Lipinski definition) is 4. The van der Waals surface area contributed by atoms with E-state index in [0.29, 0.717) is 29.7 Å². The lowest BCUT2D eigenvalue weighted by atomic mass is 10.1. The normalized spacial score (nSPS) is 11.1. The van der Waals surface area contributed by atoms with E-state index in [1.807, 2.05) is 11.5 Å². The van der Waals surface area contributed by atoms with E-state index in [1.165, 1.54) is 12.1 Å². The third kappa shape index (κ3) is 3.21. The van der Waals surface area contributed by atoms with Gasteiger partial charge in [0.1, 0.15) is 5.82 Å². The highest BCUT2D eigenvalue weighted by atomic mass is 35.5. The monoisotopic (exact) mass is 308 g/mol. The summed E-state index contributed by atoms with van der Waals surface area (Å²) in [5.41, 5.74) is 1.68. The van der Waals surface area contributed by atoms with Gasteiger partial charge in [-0.1, -0.05) is 19.9 Å². The van der Waals surface area contributed by atoms with Gasteiger partial charge in [0, 0.05) is 24.2 Å². The summed E-state index contributed by atoms with van der Waals surface area (Å²) in [6.45, 7) is 6.78. The molecule has 0 unspecified atom stereocenters. The summed E-state index contributed by atoms with van der Waals surface area (Å²) in [4.78, 5) is 10.6. The number of nitro groups is 1. The molecule has 0 fully saturated rings. The lowest BCUT2D eigenvalue weighted by molar-refractivity contribution is -0.384. The summed E-state index contributed by atoms with van der Waals surface area (Å²) in [6.07, 6.45) is 0. The molecular formula is C14H17ClN4O2. The Bertz CT molecular complexity index is 667. The lowest BCUT2D eigenvalue weighted by Gasteiger charge is -2.13. The van der Waals surface area contributed by atoms with Crippen LogP contribution < -0.4 is 0 Å². The number of alkyl halides is 1. The van der Waals surface area contributed by atoms with Crippen LogP contribution in [0.1, 0.15) is 25.2 Å². The van der Waals surface area contributed by atoms with E-state index < -0.39 is 4.92 Å². The minimum Gasteiger partial charge on any atom is -0.310 e. The first kappa shape index (κ1) is 15.4. The number of hydrogen-bond donors (Lipinski definition) is 0. The fourth-order valence-electron chi connectivity index (χ4n) is 2.15. The fraction of sp³-hybridized carbons (Fsp3) is 0.429. The van der Waals surface area contributed by atoms with Crippen LogP contribution in [0.3, 0.4) is 0 Å². The Kier molecular flexibility index (Phi) is 4.57. The largest absolute Gasteiger partial charge is 0.310 e. The van der Waals surface area contributed by atoms with E-state index in [-0.39, 0.29) is 11.6 Å². The number of aryl methyl sites for hydroxylation is 1. The zero-order valence-corrected chi connectivity index (χ0v) is 13.0. The van der Waals surface area contributed by atoms with Gasteiger partial charge in [-0.15, -0.1) is 21.8 Å². The maximum absolute atomic E-state index is 11.0. The minimum atomic E-state index is -0.408. The van der Waals surface area contributed by atoms with Crippen molar-refractivity contribution in [2.45, 2.75) is 33.2 Å². The van der Waals surface area contributed by atoms with Gasteiger partial charge in [0.05, 0.1) is 10.8 Å². The Morgan fingerprint density at radius 2 is 2.10 bits per heavy atom. The Morgan fingerprint density at radius 3 is 2.67 bits per heavy atom. The van der Waals surface area contributed by atoms with Crippen molar-refractivity contribution in [3.05, 3.63) is 39.7 Å². The van der Waals surface area contributed by atoms with E-state index in [9.17, 15) is 10.1 Å². The molecule has 1 aromatic carbocycles. The summed E-state index contributed by atoms with van der Waals surface area (Å²) in [7, 11) is 0. The number of non-ortho nitro benzene ring substituents is 1. The van der Waals surface area contributed by atoms with Crippen LogP contribution in [0.5, 0.6) is 0 Å². The van der Waals surface area contributed by atoms with Gasteiger partial charge >= 0.3 is 0 Å². The average molecular weight is 309 g/mol. The van der Waals surface area contributed by atoms with Gasteiger partial charge in [-0.2, -0.15) is 0 Å². The van der Waals surface area contributed by atoms with Crippen LogP contribution in [0.4, 0.5) is 5.69 Å². The molecule has 0 radical (unpaired) electrons. The van der Waals surface area contributed by atoms with Crippen molar-refractivity contribution in [3.8, 4) is 11.4 Å². The predicted octanol–water partition coefficient (Wildman–Crippen LogP) is 3.56. The standard InChI is InChI=1S/C14H17ClN4O2/c1-9(2)8-18-13(7-15)16-17-14(18)12-6-11(19(20)21)5-4-10(12)3/h4-6,9H,7-8H2,1-3H3. The molecule has 0 atom stereocenters. The van der Waals surface area contributed by atoms with Gasteiger partial charge in [-0.05, 0) is 18.4 Å². The number of benzene rings is 1. The van der Waals surface area contributed by atoms with E-state index in [4.69, 9.17) is 11.6 Å². The second kappa shape index (κ2) is 6.22. The Balaban J connectivity index is 2.58.